The number of carbonyl (C=O) groups is 1. The Bertz CT molecular complexity index is 244. The molecule has 4 heteroatoms. The molecule has 2 bridgehead atoms. The third-order valence-corrected chi connectivity index (χ3v) is 3.71. The summed E-state index contributed by atoms with van der Waals surface area (Å²) in [7, 11) is 3.42. The van der Waals surface area contributed by atoms with Crippen LogP contribution in [0.25, 0.3) is 0 Å². The molecule has 0 amide bonds. The van der Waals surface area contributed by atoms with E-state index in [9.17, 15) is 9.90 Å². The molecule has 0 unspecified atom stereocenters. The van der Waals surface area contributed by atoms with Gasteiger partial charge >= 0.3 is 5.97 Å². The summed E-state index contributed by atoms with van der Waals surface area (Å²) in [5, 5.41) is 9.84. The van der Waals surface area contributed by atoms with Gasteiger partial charge in [-0.3, -0.25) is 9.69 Å². The van der Waals surface area contributed by atoms with Crippen LogP contribution in [0.3, 0.4) is 0 Å². The molecule has 0 aromatic heterocycles. The maximum atomic E-state index is 11.5. The molecule has 2 aliphatic heterocycles. The summed E-state index contributed by atoms with van der Waals surface area (Å²) in [6.45, 7) is 0. The zero-order chi connectivity index (χ0) is 10.3. The monoisotopic (exact) mass is 199 g/mol. The Morgan fingerprint density at radius 1 is 1.50 bits per heavy atom. The van der Waals surface area contributed by atoms with E-state index in [1.54, 1.807) is 0 Å². The van der Waals surface area contributed by atoms with Crippen molar-refractivity contribution in [3.63, 3.8) is 0 Å². The number of esters is 1. The minimum Gasteiger partial charge on any atom is -0.469 e. The largest absolute Gasteiger partial charge is 0.469 e. The lowest BCUT2D eigenvalue weighted by Gasteiger charge is -2.39. The average Bonchev–Trinajstić information content (AvgIpc) is 2.42. The smallest absolute Gasteiger partial charge is 0.312 e. The second-order valence-electron chi connectivity index (χ2n) is 4.32. The van der Waals surface area contributed by atoms with Crippen molar-refractivity contribution in [2.75, 3.05) is 14.2 Å². The van der Waals surface area contributed by atoms with Gasteiger partial charge in [-0.05, 0) is 26.3 Å². The molecule has 0 aliphatic carbocycles. The number of aliphatic hydroxyl groups excluding tert-OH is 1. The first kappa shape index (κ1) is 9.93. The van der Waals surface area contributed by atoms with Crippen LogP contribution in [0.2, 0.25) is 0 Å². The number of aliphatic hydroxyl groups is 1. The minimum atomic E-state index is -0.517. The standard InChI is InChI=1S/C10H17NO3/c1-11-6-3-4-7(11)9(8(12)5-6)10(13)14-2/h6-9,12H,3-5H2,1-2H3/t6-,7-,8-,9+/m0/s1. The Balaban J connectivity index is 2.18. The fraction of sp³-hybridized carbons (Fsp3) is 0.900. The van der Waals surface area contributed by atoms with Gasteiger partial charge in [-0.1, -0.05) is 0 Å². The van der Waals surface area contributed by atoms with Crippen LogP contribution >= 0.6 is 0 Å². The molecule has 0 radical (unpaired) electrons. The van der Waals surface area contributed by atoms with Gasteiger partial charge in [0.2, 0.25) is 0 Å². The number of hydrogen-bond donors (Lipinski definition) is 1. The fourth-order valence-electron chi connectivity index (χ4n) is 2.89. The quantitative estimate of drug-likeness (QED) is 0.604. The number of nitrogens with zero attached hydrogens (tertiary/aromatic N) is 1. The van der Waals surface area contributed by atoms with Crippen LogP contribution in [0.1, 0.15) is 19.3 Å². The number of fused-ring (bicyclic) bond motifs is 2. The Hall–Kier alpha value is -0.610. The molecule has 2 rings (SSSR count). The topological polar surface area (TPSA) is 49.8 Å². The van der Waals surface area contributed by atoms with Gasteiger partial charge in [0, 0.05) is 12.1 Å². The summed E-state index contributed by atoms with van der Waals surface area (Å²) in [4.78, 5) is 13.7. The van der Waals surface area contributed by atoms with Crippen LogP contribution < -0.4 is 0 Å². The van der Waals surface area contributed by atoms with Gasteiger partial charge in [0.1, 0.15) is 0 Å². The van der Waals surface area contributed by atoms with E-state index in [-0.39, 0.29) is 17.9 Å². The zero-order valence-corrected chi connectivity index (χ0v) is 8.64. The summed E-state index contributed by atoms with van der Waals surface area (Å²) in [5.74, 6) is -0.613. The number of hydrogen-bond acceptors (Lipinski definition) is 4. The second-order valence-corrected chi connectivity index (χ2v) is 4.32. The number of carbonyl (C=O) groups excluding carboxylic acids is 1. The lowest BCUT2D eigenvalue weighted by atomic mass is 9.88. The molecule has 0 spiro atoms. The van der Waals surface area contributed by atoms with Crippen molar-refractivity contribution in [3.8, 4) is 0 Å². The Morgan fingerprint density at radius 2 is 2.21 bits per heavy atom. The first-order valence-corrected chi connectivity index (χ1v) is 5.13. The molecule has 4 nitrogen and oxygen atoms in total. The summed E-state index contributed by atoms with van der Waals surface area (Å²) in [6.07, 6.45) is 2.27. The molecule has 4 atom stereocenters. The van der Waals surface area contributed by atoms with Crippen LogP contribution in [0.5, 0.6) is 0 Å². The van der Waals surface area contributed by atoms with Crippen LogP contribution in [-0.2, 0) is 9.53 Å². The Labute approximate surface area is 83.8 Å². The SMILES string of the molecule is COC(=O)[C@H]1[C@@H](O)C[C@@H]2CC[C@@H]1N2C. The third kappa shape index (κ3) is 1.33. The van der Waals surface area contributed by atoms with E-state index in [4.69, 9.17) is 4.74 Å². The molecule has 2 aliphatic rings. The van der Waals surface area contributed by atoms with Crippen molar-refractivity contribution in [2.45, 2.75) is 37.5 Å². The van der Waals surface area contributed by atoms with Crippen LogP contribution in [0.4, 0.5) is 0 Å². The van der Waals surface area contributed by atoms with Crippen LogP contribution in [0, 0.1) is 5.92 Å². The molecule has 0 aromatic rings. The molecule has 0 aromatic carbocycles. The highest BCUT2D eigenvalue weighted by Crippen LogP contribution is 2.38. The van der Waals surface area contributed by atoms with Crippen molar-refractivity contribution >= 4 is 5.97 Å². The van der Waals surface area contributed by atoms with Crippen molar-refractivity contribution in [1.29, 1.82) is 0 Å². The van der Waals surface area contributed by atoms with Gasteiger partial charge in [0.05, 0.1) is 19.1 Å². The summed E-state index contributed by atoms with van der Waals surface area (Å²) in [5.41, 5.74) is 0. The molecule has 2 heterocycles. The van der Waals surface area contributed by atoms with E-state index in [1.807, 2.05) is 7.05 Å². The predicted octanol–water partition coefficient (Wildman–Crippen LogP) is 0.00300. The molecular formula is C10H17NO3. The minimum absolute atomic E-state index is 0.177. The lowest BCUT2D eigenvalue weighted by Crippen LogP contribution is -2.52. The van der Waals surface area contributed by atoms with Crippen LogP contribution in [-0.4, -0.2) is 48.3 Å². The lowest BCUT2D eigenvalue weighted by molar-refractivity contribution is -0.155. The third-order valence-electron chi connectivity index (χ3n) is 3.71. The molecule has 80 valence electrons. The van der Waals surface area contributed by atoms with Gasteiger partial charge < -0.3 is 9.84 Å². The summed E-state index contributed by atoms with van der Waals surface area (Å²) < 4.78 is 4.73. The molecular weight excluding hydrogens is 182 g/mol. The maximum absolute atomic E-state index is 11.5. The van der Waals surface area contributed by atoms with E-state index in [1.165, 1.54) is 7.11 Å². The highest BCUT2D eigenvalue weighted by molar-refractivity contribution is 5.74. The molecule has 2 saturated heterocycles. The molecule has 14 heavy (non-hydrogen) atoms. The van der Waals surface area contributed by atoms with E-state index in [2.05, 4.69) is 4.90 Å². The van der Waals surface area contributed by atoms with E-state index in [0.29, 0.717) is 12.5 Å². The van der Waals surface area contributed by atoms with Crippen molar-refractivity contribution in [1.82, 2.24) is 4.90 Å². The predicted molar refractivity (Wildman–Crippen MR) is 50.7 cm³/mol. The number of methoxy groups -OCH3 is 1. The van der Waals surface area contributed by atoms with Gasteiger partial charge in [-0.2, -0.15) is 0 Å². The average molecular weight is 199 g/mol. The molecule has 2 fully saturated rings. The maximum Gasteiger partial charge on any atom is 0.312 e. The van der Waals surface area contributed by atoms with E-state index >= 15 is 0 Å². The first-order chi connectivity index (χ1) is 6.65. The second kappa shape index (κ2) is 3.51. The highest BCUT2D eigenvalue weighted by Gasteiger charge is 2.48. The van der Waals surface area contributed by atoms with Crippen molar-refractivity contribution in [2.24, 2.45) is 5.92 Å². The number of ether oxygens (including phenoxy) is 1. The highest BCUT2D eigenvalue weighted by atomic mass is 16.5. The Kier molecular flexibility index (Phi) is 2.49. The van der Waals surface area contributed by atoms with Gasteiger partial charge in [0.25, 0.3) is 0 Å². The Morgan fingerprint density at radius 3 is 2.86 bits per heavy atom. The molecule has 0 saturated carbocycles. The van der Waals surface area contributed by atoms with Crippen molar-refractivity contribution < 1.29 is 14.6 Å². The van der Waals surface area contributed by atoms with Gasteiger partial charge in [-0.25, -0.2) is 0 Å². The van der Waals surface area contributed by atoms with E-state index < -0.39 is 6.10 Å². The van der Waals surface area contributed by atoms with Crippen molar-refractivity contribution in [3.05, 3.63) is 0 Å². The fourth-order valence-corrected chi connectivity index (χ4v) is 2.89. The van der Waals surface area contributed by atoms with Gasteiger partial charge in [0.15, 0.2) is 0 Å². The molecule has 1 N–H and O–H groups in total. The van der Waals surface area contributed by atoms with Crippen LogP contribution in [0.15, 0.2) is 0 Å². The van der Waals surface area contributed by atoms with Gasteiger partial charge in [-0.15, -0.1) is 0 Å². The zero-order valence-electron chi connectivity index (χ0n) is 8.64. The number of piperidine rings is 1. The summed E-state index contributed by atoms with van der Waals surface area (Å²) in [6, 6.07) is 0.632. The first-order valence-electron chi connectivity index (χ1n) is 5.13. The number of rotatable bonds is 1. The normalized spacial score (nSPS) is 42.5. The van der Waals surface area contributed by atoms with E-state index in [0.717, 1.165) is 12.8 Å². The summed E-state index contributed by atoms with van der Waals surface area (Å²) >= 11 is 0.